The van der Waals surface area contributed by atoms with Crippen molar-refractivity contribution < 1.29 is 0 Å². The molecule has 5 heterocycles. The monoisotopic (exact) mass is 502 g/mol. The molecule has 0 amide bonds. The highest BCUT2D eigenvalue weighted by Crippen LogP contribution is 2.29. The highest BCUT2D eigenvalue weighted by Gasteiger charge is 2.15. The molecular weight excluding hydrogens is 468 g/mol. The number of rotatable bonds is 8. The first kappa shape index (κ1) is 24.3. The molecule has 1 aliphatic heterocycles. The Labute approximate surface area is 223 Å². The van der Waals surface area contributed by atoms with E-state index in [4.69, 9.17) is 5.10 Å². The van der Waals surface area contributed by atoms with E-state index in [0.717, 1.165) is 69.0 Å². The number of aromatic amines is 2. The first-order valence-electron chi connectivity index (χ1n) is 13.6. The van der Waals surface area contributed by atoms with E-state index in [-0.39, 0.29) is 0 Å². The molecular formula is C32H34N6. The summed E-state index contributed by atoms with van der Waals surface area (Å²) in [5.74, 6) is 0. The average Bonchev–Trinajstić information content (AvgIpc) is 3.75. The van der Waals surface area contributed by atoms with Crippen LogP contribution in [-0.4, -0.2) is 49.7 Å². The molecule has 0 aromatic carbocycles. The van der Waals surface area contributed by atoms with E-state index in [1.165, 1.54) is 43.6 Å². The molecule has 0 saturated carbocycles. The molecule has 0 unspecified atom stereocenters. The molecule has 0 atom stereocenters. The lowest BCUT2D eigenvalue weighted by atomic mass is 10.0. The minimum absolute atomic E-state index is 0.868. The number of nitrogens with one attached hydrogen (secondary N) is 2. The molecule has 192 valence electrons. The Morgan fingerprint density at radius 3 is 2.87 bits per heavy atom. The van der Waals surface area contributed by atoms with Crippen molar-refractivity contribution >= 4 is 34.2 Å². The van der Waals surface area contributed by atoms with Gasteiger partial charge in [-0.25, -0.2) is 0 Å². The number of fused-ring (bicyclic) bond motifs is 1. The van der Waals surface area contributed by atoms with Crippen molar-refractivity contribution in [1.82, 2.24) is 30.0 Å². The fourth-order valence-corrected chi connectivity index (χ4v) is 5.55. The van der Waals surface area contributed by atoms with E-state index in [1.807, 2.05) is 37.7 Å². The molecule has 1 saturated heterocycles. The summed E-state index contributed by atoms with van der Waals surface area (Å²) in [6, 6.07) is 6.40. The number of hydrogen-bond donors (Lipinski definition) is 2. The normalized spacial score (nSPS) is 16.7. The van der Waals surface area contributed by atoms with Crippen molar-refractivity contribution in [2.24, 2.45) is 0 Å². The summed E-state index contributed by atoms with van der Waals surface area (Å²) >= 11 is 0. The van der Waals surface area contributed by atoms with Crippen LogP contribution in [0, 0.1) is 0 Å². The Balaban J connectivity index is 1.30. The van der Waals surface area contributed by atoms with Gasteiger partial charge in [0, 0.05) is 34.7 Å². The lowest BCUT2D eigenvalue weighted by Crippen LogP contribution is -2.23. The second kappa shape index (κ2) is 10.8. The number of H-pyrrole nitrogens is 2. The SMILES string of the molecule is C=C(/C=c1/c(-c2cc3c(C4=CCC=C4)nccc3[nH]2)n[nH]/c1=C/C)c1cncc(CCCN2CCCC2)c1. The van der Waals surface area contributed by atoms with Gasteiger partial charge in [-0.15, -0.1) is 0 Å². The standard InChI is InChI=1S/C32H34N6/c1-3-28-26(17-22(2)25-18-23(20-33-21-25)9-8-16-38-14-6-7-15-38)32(37-36-28)30-19-27-29(35-30)12-13-34-31(27)24-10-4-5-11-24/h3-4,10-13,17-21,35-36H,2,5-9,14-16H2,1H3/b26-17+,28-3+. The molecule has 0 radical (unpaired) electrons. The topological polar surface area (TPSA) is 73.5 Å². The minimum atomic E-state index is 0.868. The zero-order valence-corrected chi connectivity index (χ0v) is 22.0. The lowest BCUT2D eigenvalue weighted by molar-refractivity contribution is 0.334. The van der Waals surface area contributed by atoms with Crippen molar-refractivity contribution in [3.8, 4) is 11.4 Å². The van der Waals surface area contributed by atoms with E-state index in [9.17, 15) is 0 Å². The predicted molar refractivity (Wildman–Crippen MR) is 157 cm³/mol. The number of aryl methyl sites for hydroxylation is 1. The minimum Gasteiger partial charge on any atom is -0.353 e. The van der Waals surface area contributed by atoms with E-state index in [1.54, 1.807) is 0 Å². The zero-order chi connectivity index (χ0) is 25.9. The van der Waals surface area contributed by atoms with Crippen LogP contribution in [0.15, 0.2) is 61.6 Å². The van der Waals surface area contributed by atoms with Gasteiger partial charge in [0.2, 0.25) is 0 Å². The summed E-state index contributed by atoms with van der Waals surface area (Å²) in [6.45, 7) is 10.1. The van der Waals surface area contributed by atoms with Crippen molar-refractivity contribution in [1.29, 1.82) is 0 Å². The van der Waals surface area contributed by atoms with Crippen LogP contribution in [0.3, 0.4) is 0 Å². The van der Waals surface area contributed by atoms with Crippen LogP contribution < -0.4 is 10.6 Å². The summed E-state index contributed by atoms with van der Waals surface area (Å²) < 4.78 is 0. The molecule has 0 spiro atoms. The molecule has 4 aromatic rings. The largest absolute Gasteiger partial charge is 0.353 e. The third kappa shape index (κ3) is 4.92. The van der Waals surface area contributed by atoms with E-state index >= 15 is 0 Å². The lowest BCUT2D eigenvalue weighted by Gasteiger charge is -2.14. The fourth-order valence-electron chi connectivity index (χ4n) is 5.55. The molecule has 0 bridgehead atoms. The van der Waals surface area contributed by atoms with Gasteiger partial charge in [-0.3, -0.25) is 15.1 Å². The van der Waals surface area contributed by atoms with Crippen LogP contribution in [0.4, 0.5) is 0 Å². The molecule has 38 heavy (non-hydrogen) atoms. The van der Waals surface area contributed by atoms with Crippen molar-refractivity contribution in [3.63, 3.8) is 0 Å². The van der Waals surface area contributed by atoms with Crippen molar-refractivity contribution in [3.05, 3.63) is 89.0 Å². The van der Waals surface area contributed by atoms with Gasteiger partial charge >= 0.3 is 0 Å². The summed E-state index contributed by atoms with van der Waals surface area (Å²) in [6.07, 6.45) is 22.3. The van der Waals surface area contributed by atoms with E-state index in [2.05, 4.69) is 68.0 Å². The van der Waals surface area contributed by atoms with Gasteiger partial charge in [0.15, 0.2) is 0 Å². The molecule has 2 aliphatic rings. The summed E-state index contributed by atoms with van der Waals surface area (Å²) in [5.41, 5.74) is 8.26. The Hall–Kier alpha value is -4.03. The van der Waals surface area contributed by atoms with Gasteiger partial charge in [-0.2, -0.15) is 5.10 Å². The molecule has 2 N–H and O–H groups in total. The Kier molecular flexibility index (Phi) is 6.88. The van der Waals surface area contributed by atoms with Gasteiger partial charge < -0.3 is 9.88 Å². The average molecular weight is 503 g/mol. The first-order valence-corrected chi connectivity index (χ1v) is 13.6. The maximum absolute atomic E-state index is 4.69. The van der Waals surface area contributed by atoms with Crippen LogP contribution in [-0.2, 0) is 6.42 Å². The number of allylic oxidation sites excluding steroid dienone is 5. The van der Waals surface area contributed by atoms with Crippen LogP contribution in [0.25, 0.3) is 45.6 Å². The Morgan fingerprint density at radius 1 is 1.16 bits per heavy atom. The van der Waals surface area contributed by atoms with Crippen LogP contribution in [0.2, 0.25) is 0 Å². The molecule has 4 aromatic heterocycles. The Bertz CT molecular complexity index is 1660. The third-order valence-electron chi connectivity index (χ3n) is 7.59. The molecule has 6 heteroatoms. The quantitative estimate of drug-likeness (QED) is 0.355. The fraction of sp³-hybridized carbons (Fsp3) is 0.281. The predicted octanol–water partition coefficient (Wildman–Crippen LogP) is 5.01. The van der Waals surface area contributed by atoms with Crippen molar-refractivity contribution in [2.45, 2.75) is 39.0 Å². The van der Waals surface area contributed by atoms with Gasteiger partial charge in [0.05, 0.1) is 16.7 Å². The van der Waals surface area contributed by atoms with Gasteiger partial charge in [-0.1, -0.05) is 30.9 Å². The first-order chi connectivity index (χ1) is 18.7. The zero-order valence-electron chi connectivity index (χ0n) is 22.0. The van der Waals surface area contributed by atoms with E-state index in [0.29, 0.717) is 0 Å². The molecule has 1 aliphatic carbocycles. The third-order valence-corrected chi connectivity index (χ3v) is 7.59. The Morgan fingerprint density at radius 2 is 2.05 bits per heavy atom. The summed E-state index contributed by atoms with van der Waals surface area (Å²) in [5, 5.41) is 11.0. The smallest absolute Gasteiger partial charge is 0.116 e. The number of pyridine rings is 2. The van der Waals surface area contributed by atoms with Crippen LogP contribution in [0.1, 0.15) is 49.4 Å². The van der Waals surface area contributed by atoms with Crippen LogP contribution >= 0.6 is 0 Å². The molecule has 1 fully saturated rings. The molecule has 6 nitrogen and oxygen atoms in total. The maximum Gasteiger partial charge on any atom is 0.116 e. The summed E-state index contributed by atoms with van der Waals surface area (Å²) in [7, 11) is 0. The number of aromatic nitrogens is 5. The highest BCUT2D eigenvalue weighted by molar-refractivity contribution is 5.96. The maximum atomic E-state index is 4.69. The van der Waals surface area contributed by atoms with Crippen molar-refractivity contribution in [2.75, 3.05) is 19.6 Å². The van der Waals surface area contributed by atoms with Crippen LogP contribution in [0.5, 0.6) is 0 Å². The second-order valence-electron chi connectivity index (χ2n) is 10.2. The highest BCUT2D eigenvalue weighted by atomic mass is 15.1. The van der Waals surface area contributed by atoms with Gasteiger partial charge in [0.1, 0.15) is 5.69 Å². The second-order valence-corrected chi connectivity index (χ2v) is 10.2. The number of hydrogen-bond acceptors (Lipinski definition) is 4. The number of likely N-dealkylation sites (tertiary alicyclic amines) is 1. The number of nitrogens with zero attached hydrogens (tertiary/aromatic N) is 4. The van der Waals surface area contributed by atoms with Gasteiger partial charge in [0.25, 0.3) is 0 Å². The summed E-state index contributed by atoms with van der Waals surface area (Å²) in [4.78, 5) is 15.3. The van der Waals surface area contributed by atoms with E-state index < -0.39 is 0 Å². The van der Waals surface area contributed by atoms with Gasteiger partial charge in [-0.05, 0) is 105 Å². The molecule has 6 rings (SSSR count).